The highest BCUT2D eigenvalue weighted by Crippen LogP contribution is 2.25. The molecule has 0 fully saturated rings. The van der Waals surface area contributed by atoms with Gasteiger partial charge in [0.2, 0.25) is 0 Å². The second-order valence-electron chi connectivity index (χ2n) is 4.79. The van der Waals surface area contributed by atoms with E-state index in [9.17, 15) is 0 Å². The van der Waals surface area contributed by atoms with E-state index < -0.39 is 0 Å². The zero-order valence-electron chi connectivity index (χ0n) is 10.8. The molecule has 0 aliphatic rings. The first-order valence-electron chi connectivity index (χ1n) is 6.62. The van der Waals surface area contributed by atoms with Crippen molar-refractivity contribution in [2.24, 2.45) is 5.73 Å². The van der Waals surface area contributed by atoms with Crippen LogP contribution in [-0.2, 0) is 13.0 Å². The van der Waals surface area contributed by atoms with E-state index in [0.717, 1.165) is 6.42 Å². The van der Waals surface area contributed by atoms with Crippen LogP contribution in [0.2, 0.25) is 0 Å². The van der Waals surface area contributed by atoms with Crippen molar-refractivity contribution in [1.29, 1.82) is 0 Å². The molecule has 0 aromatic heterocycles. The van der Waals surface area contributed by atoms with Crippen molar-refractivity contribution < 1.29 is 0 Å². The summed E-state index contributed by atoms with van der Waals surface area (Å²) in [5, 5.41) is 2.60. The maximum atomic E-state index is 5.90. The maximum Gasteiger partial charge on any atom is 0.0181 e. The van der Waals surface area contributed by atoms with Crippen molar-refractivity contribution in [3.05, 3.63) is 83.4 Å². The molecular weight excluding hydrogens is 230 g/mol. The van der Waals surface area contributed by atoms with E-state index in [1.165, 1.54) is 27.5 Å². The molecule has 0 saturated carbocycles. The summed E-state index contributed by atoms with van der Waals surface area (Å²) in [4.78, 5) is 0. The molecule has 2 N–H and O–H groups in total. The topological polar surface area (TPSA) is 26.0 Å². The Morgan fingerprint density at radius 3 is 2.26 bits per heavy atom. The molecular formula is C18H17N. The van der Waals surface area contributed by atoms with Crippen LogP contribution in [0.1, 0.15) is 16.7 Å². The molecule has 0 radical (unpaired) electrons. The van der Waals surface area contributed by atoms with E-state index in [1.807, 2.05) is 0 Å². The first kappa shape index (κ1) is 11.9. The monoisotopic (exact) mass is 247 g/mol. The molecule has 3 aromatic rings. The lowest BCUT2D eigenvalue weighted by Gasteiger charge is -2.12. The van der Waals surface area contributed by atoms with Crippen molar-refractivity contribution in [2.75, 3.05) is 0 Å². The molecule has 0 unspecified atom stereocenters. The third-order valence-corrected chi connectivity index (χ3v) is 3.58. The van der Waals surface area contributed by atoms with Crippen LogP contribution in [-0.4, -0.2) is 0 Å². The van der Waals surface area contributed by atoms with Gasteiger partial charge in [-0.1, -0.05) is 66.7 Å². The van der Waals surface area contributed by atoms with Gasteiger partial charge in [-0.3, -0.25) is 0 Å². The van der Waals surface area contributed by atoms with Crippen molar-refractivity contribution in [2.45, 2.75) is 13.0 Å². The van der Waals surface area contributed by atoms with Gasteiger partial charge >= 0.3 is 0 Å². The van der Waals surface area contributed by atoms with Gasteiger partial charge in [-0.25, -0.2) is 0 Å². The first-order chi connectivity index (χ1) is 9.38. The molecule has 0 amide bonds. The van der Waals surface area contributed by atoms with Crippen molar-refractivity contribution >= 4 is 10.8 Å². The summed E-state index contributed by atoms with van der Waals surface area (Å²) in [5.41, 5.74) is 9.81. The third-order valence-electron chi connectivity index (χ3n) is 3.58. The number of rotatable bonds is 3. The summed E-state index contributed by atoms with van der Waals surface area (Å²) in [6.45, 7) is 0.590. The molecule has 94 valence electrons. The van der Waals surface area contributed by atoms with Gasteiger partial charge in [-0.2, -0.15) is 0 Å². The van der Waals surface area contributed by atoms with Crippen LogP contribution >= 0.6 is 0 Å². The summed E-state index contributed by atoms with van der Waals surface area (Å²) in [6.07, 6.45) is 0.939. The summed E-state index contributed by atoms with van der Waals surface area (Å²) >= 11 is 0. The van der Waals surface area contributed by atoms with E-state index in [2.05, 4.69) is 66.7 Å². The highest BCUT2D eigenvalue weighted by Gasteiger charge is 2.07. The second-order valence-corrected chi connectivity index (χ2v) is 4.79. The highest BCUT2D eigenvalue weighted by molar-refractivity contribution is 5.87. The van der Waals surface area contributed by atoms with E-state index in [1.54, 1.807) is 0 Å². The van der Waals surface area contributed by atoms with Crippen LogP contribution < -0.4 is 5.73 Å². The van der Waals surface area contributed by atoms with E-state index in [4.69, 9.17) is 5.73 Å². The Kier molecular flexibility index (Phi) is 3.30. The molecule has 0 saturated heterocycles. The van der Waals surface area contributed by atoms with E-state index in [0.29, 0.717) is 6.54 Å². The predicted octanol–water partition coefficient (Wildman–Crippen LogP) is 3.89. The van der Waals surface area contributed by atoms with Crippen LogP contribution in [0.25, 0.3) is 10.8 Å². The van der Waals surface area contributed by atoms with Crippen LogP contribution in [0.5, 0.6) is 0 Å². The summed E-state index contributed by atoms with van der Waals surface area (Å²) in [5.74, 6) is 0. The minimum absolute atomic E-state index is 0.590. The standard InChI is InChI=1S/C18H17N/c19-13-16-11-10-15-8-4-5-9-17(15)18(16)12-14-6-2-1-3-7-14/h1-11H,12-13,19H2. The maximum absolute atomic E-state index is 5.90. The fourth-order valence-electron chi connectivity index (χ4n) is 2.58. The molecule has 0 spiro atoms. The molecule has 3 aromatic carbocycles. The molecule has 1 nitrogen and oxygen atoms in total. The fourth-order valence-corrected chi connectivity index (χ4v) is 2.58. The second kappa shape index (κ2) is 5.25. The average molecular weight is 247 g/mol. The molecule has 0 bridgehead atoms. The number of fused-ring (bicyclic) bond motifs is 1. The van der Waals surface area contributed by atoms with Gasteiger partial charge in [0.15, 0.2) is 0 Å². The Hall–Kier alpha value is -2.12. The van der Waals surface area contributed by atoms with E-state index in [-0.39, 0.29) is 0 Å². The average Bonchev–Trinajstić information content (AvgIpc) is 2.49. The molecule has 0 aliphatic carbocycles. The molecule has 1 heteroatoms. The lowest BCUT2D eigenvalue weighted by Crippen LogP contribution is -2.03. The SMILES string of the molecule is NCc1ccc2ccccc2c1Cc1ccccc1. The Bertz CT molecular complexity index is 686. The number of benzene rings is 3. The Morgan fingerprint density at radius 2 is 1.47 bits per heavy atom. The molecule has 0 atom stereocenters. The minimum Gasteiger partial charge on any atom is -0.326 e. The Morgan fingerprint density at radius 1 is 0.737 bits per heavy atom. The molecule has 0 aliphatic heterocycles. The number of hydrogen-bond acceptors (Lipinski definition) is 1. The van der Waals surface area contributed by atoms with Gasteiger partial charge in [0.1, 0.15) is 0 Å². The largest absolute Gasteiger partial charge is 0.326 e. The molecule has 19 heavy (non-hydrogen) atoms. The van der Waals surface area contributed by atoms with Crippen molar-refractivity contribution in [1.82, 2.24) is 0 Å². The highest BCUT2D eigenvalue weighted by atomic mass is 14.5. The van der Waals surface area contributed by atoms with Crippen molar-refractivity contribution in [3.63, 3.8) is 0 Å². The summed E-state index contributed by atoms with van der Waals surface area (Å²) in [6, 6.07) is 23.4. The normalized spacial score (nSPS) is 10.8. The zero-order valence-corrected chi connectivity index (χ0v) is 10.8. The van der Waals surface area contributed by atoms with Crippen LogP contribution in [0.3, 0.4) is 0 Å². The van der Waals surface area contributed by atoms with Gasteiger partial charge in [-0.15, -0.1) is 0 Å². The minimum atomic E-state index is 0.590. The summed E-state index contributed by atoms with van der Waals surface area (Å²) in [7, 11) is 0. The lowest BCUT2D eigenvalue weighted by atomic mass is 9.94. The molecule has 0 heterocycles. The zero-order chi connectivity index (χ0) is 13.1. The van der Waals surface area contributed by atoms with Crippen LogP contribution in [0.4, 0.5) is 0 Å². The predicted molar refractivity (Wildman–Crippen MR) is 81.1 cm³/mol. The van der Waals surface area contributed by atoms with Crippen LogP contribution in [0, 0.1) is 0 Å². The third kappa shape index (κ3) is 2.38. The van der Waals surface area contributed by atoms with Crippen LogP contribution in [0.15, 0.2) is 66.7 Å². The fraction of sp³-hybridized carbons (Fsp3) is 0.111. The quantitative estimate of drug-likeness (QED) is 0.746. The first-order valence-corrected chi connectivity index (χ1v) is 6.62. The van der Waals surface area contributed by atoms with E-state index >= 15 is 0 Å². The molecule has 3 rings (SSSR count). The van der Waals surface area contributed by atoms with Gasteiger partial charge in [0.25, 0.3) is 0 Å². The summed E-state index contributed by atoms with van der Waals surface area (Å²) < 4.78 is 0. The van der Waals surface area contributed by atoms with Gasteiger partial charge in [0, 0.05) is 6.54 Å². The van der Waals surface area contributed by atoms with Crippen molar-refractivity contribution in [3.8, 4) is 0 Å². The van der Waals surface area contributed by atoms with Gasteiger partial charge < -0.3 is 5.73 Å². The number of nitrogens with two attached hydrogens (primary N) is 1. The Labute approximate surface area is 113 Å². The van der Waals surface area contributed by atoms with Gasteiger partial charge in [-0.05, 0) is 33.9 Å². The Balaban J connectivity index is 2.15. The number of hydrogen-bond donors (Lipinski definition) is 1. The van der Waals surface area contributed by atoms with Gasteiger partial charge in [0.05, 0.1) is 0 Å². The smallest absolute Gasteiger partial charge is 0.0181 e. The lowest BCUT2D eigenvalue weighted by molar-refractivity contribution is 1.03.